The van der Waals surface area contributed by atoms with Crippen molar-refractivity contribution in [1.82, 2.24) is 14.7 Å². The lowest BCUT2D eigenvalue weighted by atomic mass is 10.1. The number of benzene rings is 1. The van der Waals surface area contributed by atoms with E-state index in [1.165, 1.54) is 11.3 Å². The van der Waals surface area contributed by atoms with E-state index in [0.29, 0.717) is 18.7 Å². The van der Waals surface area contributed by atoms with Gasteiger partial charge in [-0.2, -0.15) is 5.10 Å². The maximum Gasteiger partial charge on any atom is 0.254 e. The SMILES string of the molecule is Cn1nc(CN(Cc2ccco2)C(=O)c2cccc(Br)c2)c2c1CCC2. The van der Waals surface area contributed by atoms with Crippen LogP contribution in [-0.4, -0.2) is 20.6 Å². The van der Waals surface area contributed by atoms with Crippen molar-refractivity contribution >= 4 is 21.8 Å². The van der Waals surface area contributed by atoms with Crippen molar-refractivity contribution in [2.75, 3.05) is 0 Å². The minimum Gasteiger partial charge on any atom is -0.467 e. The summed E-state index contributed by atoms with van der Waals surface area (Å²) in [4.78, 5) is 15.0. The molecule has 26 heavy (non-hydrogen) atoms. The Morgan fingerprint density at radius 2 is 2.15 bits per heavy atom. The monoisotopic (exact) mass is 413 g/mol. The molecule has 1 aliphatic carbocycles. The zero-order valence-corrected chi connectivity index (χ0v) is 16.2. The third-order valence-corrected chi connectivity index (χ3v) is 5.32. The minimum atomic E-state index is -0.0277. The molecule has 4 rings (SSSR count). The molecule has 0 spiro atoms. The molecule has 0 aliphatic heterocycles. The molecule has 1 amide bonds. The largest absolute Gasteiger partial charge is 0.467 e. The molecule has 6 heteroatoms. The van der Waals surface area contributed by atoms with Gasteiger partial charge in [-0.15, -0.1) is 0 Å². The number of fused-ring (bicyclic) bond motifs is 1. The van der Waals surface area contributed by atoms with E-state index >= 15 is 0 Å². The second kappa shape index (κ2) is 7.11. The summed E-state index contributed by atoms with van der Waals surface area (Å²) in [5.41, 5.74) is 4.25. The van der Waals surface area contributed by atoms with Crippen molar-refractivity contribution < 1.29 is 9.21 Å². The molecule has 2 aromatic heterocycles. The van der Waals surface area contributed by atoms with Gasteiger partial charge in [-0.1, -0.05) is 22.0 Å². The predicted octanol–water partition coefficient (Wildman–Crippen LogP) is 4.11. The van der Waals surface area contributed by atoms with Gasteiger partial charge in [-0.3, -0.25) is 9.48 Å². The molecule has 134 valence electrons. The van der Waals surface area contributed by atoms with E-state index < -0.39 is 0 Å². The zero-order valence-electron chi connectivity index (χ0n) is 14.6. The number of carbonyl (C=O) groups excluding carboxylic acids is 1. The highest BCUT2D eigenvalue weighted by molar-refractivity contribution is 9.10. The molecular formula is C20H20BrN3O2. The van der Waals surface area contributed by atoms with Crippen LogP contribution in [0.15, 0.2) is 51.6 Å². The number of aryl methyl sites for hydroxylation is 1. The number of aromatic nitrogens is 2. The number of hydrogen-bond donors (Lipinski definition) is 0. The van der Waals surface area contributed by atoms with Gasteiger partial charge in [0, 0.05) is 22.8 Å². The summed E-state index contributed by atoms with van der Waals surface area (Å²) >= 11 is 3.45. The number of furan rings is 1. The molecule has 1 aromatic carbocycles. The summed E-state index contributed by atoms with van der Waals surface area (Å²) in [5, 5.41) is 4.68. The normalized spacial score (nSPS) is 13.0. The molecule has 0 unspecified atom stereocenters. The fourth-order valence-corrected chi connectivity index (χ4v) is 4.00. The van der Waals surface area contributed by atoms with Crippen LogP contribution in [0.3, 0.4) is 0 Å². The molecular weight excluding hydrogens is 394 g/mol. The lowest BCUT2D eigenvalue weighted by molar-refractivity contribution is 0.0714. The van der Waals surface area contributed by atoms with Crippen LogP contribution in [-0.2, 0) is 33.0 Å². The van der Waals surface area contributed by atoms with Crippen molar-refractivity contribution in [2.24, 2.45) is 7.05 Å². The van der Waals surface area contributed by atoms with E-state index in [1.54, 1.807) is 6.26 Å². The lowest BCUT2D eigenvalue weighted by Gasteiger charge is -2.21. The first-order valence-electron chi connectivity index (χ1n) is 8.72. The summed E-state index contributed by atoms with van der Waals surface area (Å²) < 4.78 is 8.33. The van der Waals surface area contributed by atoms with E-state index in [-0.39, 0.29) is 5.91 Å². The van der Waals surface area contributed by atoms with Gasteiger partial charge < -0.3 is 9.32 Å². The number of amides is 1. The van der Waals surface area contributed by atoms with Crippen LogP contribution in [0.1, 0.15) is 39.5 Å². The van der Waals surface area contributed by atoms with E-state index in [0.717, 1.165) is 35.2 Å². The highest BCUT2D eigenvalue weighted by Crippen LogP contribution is 2.26. The first kappa shape index (κ1) is 17.1. The molecule has 0 atom stereocenters. The molecule has 3 aromatic rings. The van der Waals surface area contributed by atoms with Crippen LogP contribution in [0.5, 0.6) is 0 Å². The smallest absolute Gasteiger partial charge is 0.254 e. The minimum absolute atomic E-state index is 0.0277. The molecule has 0 radical (unpaired) electrons. The fraction of sp³-hybridized carbons (Fsp3) is 0.300. The Morgan fingerprint density at radius 3 is 2.92 bits per heavy atom. The lowest BCUT2D eigenvalue weighted by Crippen LogP contribution is -2.30. The molecule has 0 saturated heterocycles. The zero-order chi connectivity index (χ0) is 18.1. The second-order valence-corrected chi connectivity index (χ2v) is 7.52. The molecule has 2 heterocycles. The summed E-state index contributed by atoms with van der Waals surface area (Å²) in [6.07, 6.45) is 4.90. The Balaban J connectivity index is 1.65. The van der Waals surface area contributed by atoms with Crippen LogP contribution in [0.4, 0.5) is 0 Å². The van der Waals surface area contributed by atoms with Crippen molar-refractivity contribution in [1.29, 1.82) is 0 Å². The Kier molecular flexibility index (Phi) is 4.68. The fourth-order valence-electron chi connectivity index (χ4n) is 3.60. The number of carbonyl (C=O) groups is 1. The standard InChI is InChI=1S/C20H20BrN3O2/c1-23-19-9-3-8-17(19)18(22-23)13-24(12-16-7-4-10-26-16)20(25)14-5-2-6-15(21)11-14/h2,4-7,10-11H,3,8-9,12-13H2,1H3. The summed E-state index contributed by atoms with van der Waals surface area (Å²) in [5.74, 6) is 0.737. The van der Waals surface area contributed by atoms with Gasteiger partial charge in [0.1, 0.15) is 5.76 Å². The van der Waals surface area contributed by atoms with Gasteiger partial charge in [0.15, 0.2) is 0 Å². The predicted molar refractivity (Wildman–Crippen MR) is 102 cm³/mol. The van der Waals surface area contributed by atoms with E-state index in [2.05, 4.69) is 21.0 Å². The molecule has 0 saturated carbocycles. The molecule has 0 bridgehead atoms. The quantitative estimate of drug-likeness (QED) is 0.632. The summed E-state index contributed by atoms with van der Waals surface area (Å²) in [6.45, 7) is 0.902. The van der Waals surface area contributed by atoms with E-state index in [1.807, 2.05) is 53.0 Å². The molecule has 0 N–H and O–H groups in total. The van der Waals surface area contributed by atoms with E-state index in [4.69, 9.17) is 4.42 Å². The first-order chi connectivity index (χ1) is 12.6. The van der Waals surface area contributed by atoms with Gasteiger partial charge in [-0.05, 0) is 55.2 Å². The average molecular weight is 414 g/mol. The molecule has 0 fully saturated rings. The van der Waals surface area contributed by atoms with Gasteiger partial charge in [0.2, 0.25) is 0 Å². The number of nitrogens with zero attached hydrogens (tertiary/aromatic N) is 3. The third-order valence-electron chi connectivity index (χ3n) is 4.82. The van der Waals surface area contributed by atoms with Crippen molar-refractivity contribution in [3.63, 3.8) is 0 Å². The average Bonchev–Trinajstić information content (AvgIpc) is 3.35. The van der Waals surface area contributed by atoms with Crippen molar-refractivity contribution in [3.05, 3.63) is 75.4 Å². The highest BCUT2D eigenvalue weighted by atomic mass is 79.9. The number of halogens is 1. The van der Waals surface area contributed by atoms with Gasteiger partial charge in [0.25, 0.3) is 5.91 Å². The van der Waals surface area contributed by atoms with Crippen LogP contribution < -0.4 is 0 Å². The second-order valence-electron chi connectivity index (χ2n) is 6.60. The highest BCUT2D eigenvalue weighted by Gasteiger charge is 2.25. The first-order valence-corrected chi connectivity index (χ1v) is 9.52. The Hall–Kier alpha value is -2.34. The maximum absolute atomic E-state index is 13.2. The van der Waals surface area contributed by atoms with Crippen molar-refractivity contribution in [2.45, 2.75) is 32.4 Å². The van der Waals surface area contributed by atoms with Gasteiger partial charge >= 0.3 is 0 Å². The third kappa shape index (κ3) is 3.33. The van der Waals surface area contributed by atoms with Crippen LogP contribution in [0, 0.1) is 0 Å². The van der Waals surface area contributed by atoms with Crippen LogP contribution in [0.25, 0.3) is 0 Å². The summed E-state index contributed by atoms with van der Waals surface area (Å²) in [6, 6.07) is 11.2. The van der Waals surface area contributed by atoms with Crippen LogP contribution in [0.2, 0.25) is 0 Å². The molecule has 1 aliphatic rings. The number of rotatable bonds is 5. The van der Waals surface area contributed by atoms with Gasteiger partial charge in [-0.25, -0.2) is 0 Å². The Morgan fingerprint density at radius 1 is 1.27 bits per heavy atom. The van der Waals surface area contributed by atoms with Crippen molar-refractivity contribution in [3.8, 4) is 0 Å². The summed E-state index contributed by atoms with van der Waals surface area (Å²) in [7, 11) is 1.99. The molecule has 5 nitrogen and oxygen atoms in total. The van der Waals surface area contributed by atoms with Crippen LogP contribution >= 0.6 is 15.9 Å². The van der Waals surface area contributed by atoms with E-state index in [9.17, 15) is 4.79 Å². The Bertz CT molecular complexity index is 931. The van der Waals surface area contributed by atoms with Gasteiger partial charge in [0.05, 0.1) is 25.0 Å². The number of hydrogen-bond acceptors (Lipinski definition) is 3. The maximum atomic E-state index is 13.2. The Labute approximate surface area is 160 Å². The topological polar surface area (TPSA) is 51.3 Å².